The molecule has 4 nitrogen and oxygen atoms in total. The van der Waals surface area contributed by atoms with Crippen molar-refractivity contribution in [1.29, 1.82) is 5.26 Å². The molecule has 0 aliphatic carbocycles. The highest BCUT2D eigenvalue weighted by Crippen LogP contribution is 2.43. The van der Waals surface area contributed by atoms with Gasteiger partial charge >= 0.3 is 0 Å². The molecule has 0 spiro atoms. The summed E-state index contributed by atoms with van der Waals surface area (Å²) in [5.41, 5.74) is -0.0429. The minimum atomic E-state index is -1.11. The molecule has 3 aliphatic heterocycles. The molecule has 0 aromatic carbocycles. The van der Waals surface area contributed by atoms with Crippen molar-refractivity contribution in [1.82, 2.24) is 0 Å². The van der Waals surface area contributed by atoms with E-state index in [1.807, 2.05) is 13.8 Å². The third kappa shape index (κ3) is 1.65. The number of rotatable bonds is 2. The van der Waals surface area contributed by atoms with Gasteiger partial charge in [0.15, 0.2) is 0 Å². The van der Waals surface area contributed by atoms with E-state index in [1.165, 1.54) is 0 Å². The maximum atomic E-state index is 9.14. The first-order valence-corrected chi connectivity index (χ1v) is 5.33. The lowest BCUT2D eigenvalue weighted by Crippen LogP contribution is -2.62. The van der Waals surface area contributed by atoms with Crippen molar-refractivity contribution in [2.75, 3.05) is 19.8 Å². The van der Waals surface area contributed by atoms with E-state index in [9.17, 15) is 0 Å². The van der Waals surface area contributed by atoms with Gasteiger partial charge in [0.05, 0.1) is 25.9 Å². The summed E-state index contributed by atoms with van der Waals surface area (Å²) in [7, 11) is 0. The van der Waals surface area contributed by atoms with Gasteiger partial charge in [-0.15, -0.1) is 0 Å². The summed E-state index contributed by atoms with van der Waals surface area (Å²) in [6.07, 6.45) is 0. The number of nitrogens with zero attached hydrogens (tertiary/aromatic N) is 1. The average molecular weight is 211 g/mol. The van der Waals surface area contributed by atoms with Gasteiger partial charge in [0.25, 0.3) is 5.97 Å². The zero-order chi connectivity index (χ0) is 11.1. The Kier molecular flexibility index (Phi) is 2.50. The van der Waals surface area contributed by atoms with Crippen molar-refractivity contribution >= 4 is 0 Å². The summed E-state index contributed by atoms with van der Waals surface area (Å²) in [6.45, 7) is 7.84. The summed E-state index contributed by atoms with van der Waals surface area (Å²) >= 11 is 0. The van der Waals surface area contributed by atoms with E-state index >= 15 is 0 Å². The summed E-state index contributed by atoms with van der Waals surface area (Å²) in [5, 5.41) is 9.14. The average Bonchev–Trinajstić information content (AvgIpc) is 2.20. The predicted octanol–water partition coefficient (Wildman–Crippen LogP) is 1.52. The molecule has 3 rings (SSSR count). The number of hydrogen-bond donors (Lipinski definition) is 0. The maximum absolute atomic E-state index is 9.14. The summed E-state index contributed by atoms with van der Waals surface area (Å²) < 4.78 is 16.8. The van der Waals surface area contributed by atoms with Gasteiger partial charge in [-0.1, -0.05) is 20.8 Å². The molecular formula is C11H17NO3. The SMILES string of the molecule is CC(C)C(C#N)C12OCC(C)(CO1)CO2. The fraction of sp³-hybridized carbons (Fsp3) is 0.909. The predicted molar refractivity (Wildman–Crippen MR) is 52.6 cm³/mol. The molecule has 0 aromatic rings. The minimum absolute atomic E-state index is 0.0429. The van der Waals surface area contributed by atoms with E-state index in [0.717, 1.165) is 0 Å². The Morgan fingerprint density at radius 2 is 1.60 bits per heavy atom. The van der Waals surface area contributed by atoms with Crippen LogP contribution in [0.25, 0.3) is 0 Å². The van der Waals surface area contributed by atoms with E-state index in [0.29, 0.717) is 19.8 Å². The van der Waals surface area contributed by atoms with Crippen LogP contribution >= 0.6 is 0 Å². The highest BCUT2D eigenvalue weighted by molar-refractivity contribution is 4.97. The Morgan fingerprint density at radius 1 is 1.13 bits per heavy atom. The smallest absolute Gasteiger partial charge is 0.299 e. The van der Waals surface area contributed by atoms with E-state index in [1.54, 1.807) is 0 Å². The van der Waals surface area contributed by atoms with Gasteiger partial charge in [-0.25, -0.2) is 0 Å². The summed E-state index contributed by atoms with van der Waals surface area (Å²) in [6, 6.07) is 2.23. The van der Waals surface area contributed by atoms with Gasteiger partial charge in [0.1, 0.15) is 5.92 Å². The lowest BCUT2D eigenvalue weighted by atomic mass is 9.87. The Labute approximate surface area is 90.1 Å². The van der Waals surface area contributed by atoms with E-state index in [4.69, 9.17) is 19.5 Å². The Bertz CT molecular complexity index is 270. The monoisotopic (exact) mass is 211 g/mol. The molecule has 0 saturated carbocycles. The van der Waals surface area contributed by atoms with Gasteiger partial charge in [-0.3, -0.25) is 0 Å². The topological polar surface area (TPSA) is 51.5 Å². The minimum Gasteiger partial charge on any atom is -0.326 e. The molecule has 3 saturated heterocycles. The fourth-order valence-electron chi connectivity index (χ4n) is 1.98. The van der Waals surface area contributed by atoms with Crippen molar-refractivity contribution in [2.24, 2.45) is 17.3 Å². The van der Waals surface area contributed by atoms with Crippen LogP contribution in [-0.4, -0.2) is 25.8 Å². The molecule has 3 fully saturated rings. The zero-order valence-electron chi connectivity index (χ0n) is 9.45. The second-order valence-corrected chi connectivity index (χ2v) is 5.13. The van der Waals surface area contributed by atoms with Crippen LogP contribution in [0.4, 0.5) is 0 Å². The Hall–Kier alpha value is -0.630. The van der Waals surface area contributed by atoms with Gasteiger partial charge < -0.3 is 14.2 Å². The van der Waals surface area contributed by atoms with Crippen LogP contribution < -0.4 is 0 Å². The van der Waals surface area contributed by atoms with Crippen LogP contribution in [0.2, 0.25) is 0 Å². The normalized spacial score (nSPS) is 41.5. The standard InChI is InChI=1S/C11H17NO3/c1-8(2)9(4-12)11-13-5-10(3,6-14-11)7-15-11/h8-9H,5-7H2,1-3H3. The number of fused-ring (bicyclic) bond motifs is 3. The second-order valence-electron chi connectivity index (χ2n) is 5.13. The molecule has 0 N–H and O–H groups in total. The molecule has 0 radical (unpaired) electrons. The van der Waals surface area contributed by atoms with Gasteiger partial charge in [0, 0.05) is 5.41 Å². The first-order valence-electron chi connectivity index (χ1n) is 5.33. The van der Waals surface area contributed by atoms with Gasteiger partial charge in [-0.2, -0.15) is 5.26 Å². The third-order valence-corrected chi connectivity index (χ3v) is 3.05. The van der Waals surface area contributed by atoms with Crippen molar-refractivity contribution in [3.05, 3.63) is 0 Å². The van der Waals surface area contributed by atoms with Gasteiger partial charge in [0.2, 0.25) is 0 Å². The molecule has 0 aromatic heterocycles. The highest BCUT2D eigenvalue weighted by atomic mass is 16.9. The molecular weight excluding hydrogens is 194 g/mol. The second kappa shape index (κ2) is 3.44. The Balaban J connectivity index is 2.19. The number of ether oxygens (including phenoxy) is 3. The first-order chi connectivity index (χ1) is 7.01. The van der Waals surface area contributed by atoms with E-state index in [2.05, 4.69) is 13.0 Å². The molecule has 1 unspecified atom stereocenters. The van der Waals surface area contributed by atoms with Crippen LogP contribution in [-0.2, 0) is 14.2 Å². The van der Waals surface area contributed by atoms with Crippen molar-refractivity contribution < 1.29 is 14.2 Å². The lowest BCUT2D eigenvalue weighted by Gasteiger charge is -2.52. The van der Waals surface area contributed by atoms with Crippen molar-refractivity contribution in [3.63, 3.8) is 0 Å². The molecule has 3 heterocycles. The molecule has 3 aliphatic rings. The van der Waals surface area contributed by atoms with E-state index < -0.39 is 5.97 Å². The summed E-state index contributed by atoms with van der Waals surface area (Å²) in [4.78, 5) is 0. The molecule has 1 atom stereocenters. The quantitative estimate of drug-likeness (QED) is 0.695. The highest BCUT2D eigenvalue weighted by Gasteiger charge is 2.55. The van der Waals surface area contributed by atoms with Crippen molar-refractivity contribution in [3.8, 4) is 6.07 Å². The molecule has 4 heteroatoms. The molecule has 84 valence electrons. The maximum Gasteiger partial charge on any atom is 0.299 e. The largest absolute Gasteiger partial charge is 0.326 e. The van der Waals surface area contributed by atoms with Crippen LogP contribution in [0, 0.1) is 28.6 Å². The third-order valence-electron chi connectivity index (χ3n) is 3.05. The lowest BCUT2D eigenvalue weighted by molar-refractivity contribution is -0.481. The van der Waals surface area contributed by atoms with Crippen LogP contribution in [0.15, 0.2) is 0 Å². The van der Waals surface area contributed by atoms with Crippen LogP contribution in [0.1, 0.15) is 20.8 Å². The summed E-state index contributed by atoms with van der Waals surface area (Å²) in [5.74, 6) is -1.33. The molecule has 0 amide bonds. The number of hydrogen-bond acceptors (Lipinski definition) is 4. The fourth-order valence-corrected chi connectivity index (χ4v) is 1.98. The van der Waals surface area contributed by atoms with Gasteiger partial charge in [-0.05, 0) is 5.92 Å². The van der Waals surface area contributed by atoms with Crippen LogP contribution in [0.5, 0.6) is 0 Å². The zero-order valence-corrected chi connectivity index (χ0v) is 9.45. The Morgan fingerprint density at radius 3 is 1.93 bits per heavy atom. The molecule has 2 bridgehead atoms. The van der Waals surface area contributed by atoms with E-state index in [-0.39, 0.29) is 17.3 Å². The van der Waals surface area contributed by atoms with Crippen LogP contribution in [0.3, 0.4) is 0 Å². The van der Waals surface area contributed by atoms with Crippen molar-refractivity contribution in [2.45, 2.75) is 26.7 Å². The molecule has 15 heavy (non-hydrogen) atoms. The first kappa shape index (κ1) is 10.9. The number of nitriles is 1.